The highest BCUT2D eigenvalue weighted by Crippen LogP contribution is 2.22. The molecule has 2 N–H and O–H groups in total. The molecule has 150 valence electrons. The molecule has 0 spiro atoms. The number of hydrogen-bond acceptors (Lipinski definition) is 4. The Kier molecular flexibility index (Phi) is 5.73. The van der Waals surface area contributed by atoms with E-state index in [2.05, 4.69) is 10.0 Å². The SMILES string of the molecule is Cc1cc(C)n(C)c(=O)c1C(=O)N[C@@H]1CC[C@H](NS(=O)(=O)N2CCCC2)C1. The van der Waals surface area contributed by atoms with Gasteiger partial charge in [-0.1, -0.05) is 0 Å². The van der Waals surface area contributed by atoms with Crippen LogP contribution in [0.4, 0.5) is 0 Å². The number of carbonyl (C=O) groups is 1. The van der Waals surface area contributed by atoms with Crippen LogP contribution in [0.2, 0.25) is 0 Å². The highest BCUT2D eigenvalue weighted by molar-refractivity contribution is 7.87. The Morgan fingerprint density at radius 3 is 2.44 bits per heavy atom. The number of aromatic nitrogens is 1. The van der Waals surface area contributed by atoms with Crippen LogP contribution < -0.4 is 15.6 Å². The maximum atomic E-state index is 12.6. The van der Waals surface area contributed by atoms with Gasteiger partial charge in [0.05, 0.1) is 0 Å². The minimum absolute atomic E-state index is 0.144. The maximum absolute atomic E-state index is 12.6. The zero-order chi connectivity index (χ0) is 19.8. The molecule has 1 aromatic heterocycles. The molecule has 2 fully saturated rings. The van der Waals surface area contributed by atoms with E-state index in [1.54, 1.807) is 14.0 Å². The first kappa shape index (κ1) is 20.0. The fourth-order valence-electron chi connectivity index (χ4n) is 3.95. The van der Waals surface area contributed by atoms with Crippen LogP contribution in [0.15, 0.2) is 10.9 Å². The van der Waals surface area contributed by atoms with Crippen molar-refractivity contribution >= 4 is 16.1 Å². The standard InChI is InChI=1S/C18H28N4O4S/c1-12-10-13(2)21(3)18(24)16(12)17(23)19-14-6-7-15(11-14)20-27(25,26)22-8-4-5-9-22/h10,14-15,20H,4-9,11H2,1-3H3,(H,19,23)/t14-,15+/m1/s1. The van der Waals surface area contributed by atoms with E-state index in [9.17, 15) is 18.0 Å². The predicted molar refractivity (Wildman–Crippen MR) is 103 cm³/mol. The molecule has 2 atom stereocenters. The van der Waals surface area contributed by atoms with E-state index in [1.165, 1.54) is 8.87 Å². The van der Waals surface area contributed by atoms with Crippen LogP contribution in [-0.4, -0.2) is 48.4 Å². The van der Waals surface area contributed by atoms with Crippen molar-refractivity contribution in [2.24, 2.45) is 7.05 Å². The number of nitrogens with zero attached hydrogens (tertiary/aromatic N) is 2. The molecule has 1 aliphatic carbocycles. The summed E-state index contributed by atoms with van der Waals surface area (Å²) >= 11 is 0. The molecule has 2 heterocycles. The summed E-state index contributed by atoms with van der Waals surface area (Å²) in [5, 5.41) is 2.91. The Morgan fingerprint density at radius 2 is 1.78 bits per heavy atom. The first-order valence-electron chi connectivity index (χ1n) is 9.44. The normalized spacial score (nSPS) is 23.7. The fourth-order valence-corrected chi connectivity index (χ4v) is 5.47. The molecular weight excluding hydrogens is 368 g/mol. The van der Waals surface area contributed by atoms with E-state index >= 15 is 0 Å². The quantitative estimate of drug-likeness (QED) is 0.760. The summed E-state index contributed by atoms with van der Waals surface area (Å²) < 4.78 is 30.5. The molecule has 1 aromatic rings. The smallest absolute Gasteiger partial charge is 0.279 e. The number of aryl methyl sites for hydroxylation is 2. The highest BCUT2D eigenvalue weighted by Gasteiger charge is 2.33. The lowest BCUT2D eigenvalue weighted by atomic mass is 10.1. The third-order valence-electron chi connectivity index (χ3n) is 5.58. The van der Waals surface area contributed by atoms with E-state index in [4.69, 9.17) is 0 Å². The molecule has 3 rings (SSSR count). The predicted octanol–water partition coefficient (Wildman–Crippen LogP) is 0.583. The topological polar surface area (TPSA) is 101 Å². The van der Waals surface area contributed by atoms with Crippen molar-refractivity contribution in [1.29, 1.82) is 0 Å². The third kappa shape index (κ3) is 4.25. The molecule has 1 saturated carbocycles. The van der Waals surface area contributed by atoms with Crippen LogP contribution in [0.3, 0.4) is 0 Å². The van der Waals surface area contributed by atoms with Gasteiger partial charge in [0.25, 0.3) is 21.7 Å². The van der Waals surface area contributed by atoms with Crippen molar-refractivity contribution in [3.8, 4) is 0 Å². The zero-order valence-electron chi connectivity index (χ0n) is 16.1. The fraction of sp³-hybridized carbons (Fsp3) is 0.667. The highest BCUT2D eigenvalue weighted by atomic mass is 32.2. The summed E-state index contributed by atoms with van der Waals surface area (Å²) in [6.07, 6.45) is 3.68. The van der Waals surface area contributed by atoms with Gasteiger partial charge in [-0.15, -0.1) is 0 Å². The Balaban J connectivity index is 1.63. The first-order valence-corrected chi connectivity index (χ1v) is 10.9. The van der Waals surface area contributed by atoms with Crippen molar-refractivity contribution in [1.82, 2.24) is 18.9 Å². The van der Waals surface area contributed by atoms with Gasteiger partial charge in [0.15, 0.2) is 0 Å². The summed E-state index contributed by atoms with van der Waals surface area (Å²) in [5.41, 5.74) is 1.29. The number of rotatable bonds is 5. The largest absolute Gasteiger partial charge is 0.349 e. The summed E-state index contributed by atoms with van der Waals surface area (Å²) in [5.74, 6) is -0.388. The van der Waals surface area contributed by atoms with Gasteiger partial charge in [0.1, 0.15) is 5.56 Å². The van der Waals surface area contributed by atoms with Crippen molar-refractivity contribution in [2.45, 2.75) is 58.0 Å². The number of amides is 1. The Hall–Kier alpha value is -1.71. The Morgan fingerprint density at radius 1 is 1.15 bits per heavy atom. The van der Waals surface area contributed by atoms with E-state index in [-0.39, 0.29) is 29.1 Å². The first-order chi connectivity index (χ1) is 12.7. The van der Waals surface area contributed by atoms with Gasteiger partial charge < -0.3 is 9.88 Å². The number of pyridine rings is 1. The van der Waals surface area contributed by atoms with Gasteiger partial charge in [0.2, 0.25) is 0 Å². The van der Waals surface area contributed by atoms with Crippen LogP contribution in [-0.2, 0) is 17.3 Å². The summed E-state index contributed by atoms with van der Waals surface area (Å²) in [6, 6.07) is 1.48. The molecule has 1 aliphatic heterocycles. The van der Waals surface area contributed by atoms with Crippen LogP contribution in [0.1, 0.15) is 53.7 Å². The molecule has 2 aliphatic rings. The van der Waals surface area contributed by atoms with Crippen molar-refractivity contribution in [3.63, 3.8) is 0 Å². The van der Waals surface area contributed by atoms with Gasteiger partial charge >= 0.3 is 0 Å². The Labute approximate surface area is 160 Å². The lowest BCUT2D eigenvalue weighted by Gasteiger charge is -2.20. The van der Waals surface area contributed by atoms with Gasteiger partial charge in [-0.25, -0.2) is 0 Å². The lowest BCUT2D eigenvalue weighted by Crippen LogP contribution is -2.44. The number of carbonyl (C=O) groups excluding carboxylic acids is 1. The van der Waals surface area contributed by atoms with E-state index in [0.29, 0.717) is 37.9 Å². The van der Waals surface area contributed by atoms with Crippen molar-refractivity contribution in [2.75, 3.05) is 13.1 Å². The number of nitrogens with one attached hydrogen (secondary N) is 2. The molecule has 0 bridgehead atoms. The van der Waals surface area contributed by atoms with E-state index in [1.807, 2.05) is 13.0 Å². The van der Waals surface area contributed by atoms with Crippen LogP contribution >= 0.6 is 0 Å². The average Bonchev–Trinajstić information content (AvgIpc) is 3.25. The minimum atomic E-state index is -3.45. The summed E-state index contributed by atoms with van der Waals surface area (Å²) in [6.45, 7) is 4.71. The van der Waals surface area contributed by atoms with Crippen LogP contribution in [0.25, 0.3) is 0 Å². The summed E-state index contributed by atoms with van der Waals surface area (Å²) in [4.78, 5) is 25.1. The second-order valence-corrected chi connectivity index (χ2v) is 9.32. The zero-order valence-corrected chi connectivity index (χ0v) is 16.9. The van der Waals surface area contributed by atoms with Gasteiger partial charge in [-0.05, 0) is 57.6 Å². The second kappa shape index (κ2) is 7.73. The molecule has 1 saturated heterocycles. The molecule has 8 nitrogen and oxygen atoms in total. The molecule has 9 heteroatoms. The van der Waals surface area contributed by atoms with Gasteiger partial charge in [-0.3, -0.25) is 9.59 Å². The van der Waals surface area contributed by atoms with Crippen molar-refractivity contribution < 1.29 is 13.2 Å². The molecular formula is C18H28N4O4S. The molecule has 0 unspecified atom stereocenters. The molecule has 1 amide bonds. The van der Waals surface area contributed by atoms with E-state index < -0.39 is 10.2 Å². The van der Waals surface area contributed by atoms with E-state index in [0.717, 1.165) is 18.5 Å². The van der Waals surface area contributed by atoms with Crippen LogP contribution in [0.5, 0.6) is 0 Å². The summed E-state index contributed by atoms with van der Waals surface area (Å²) in [7, 11) is -1.81. The second-order valence-electron chi connectivity index (χ2n) is 7.62. The minimum Gasteiger partial charge on any atom is -0.349 e. The molecule has 0 radical (unpaired) electrons. The lowest BCUT2D eigenvalue weighted by molar-refractivity contribution is 0.0935. The molecule has 0 aromatic carbocycles. The van der Waals surface area contributed by atoms with Crippen LogP contribution in [0, 0.1) is 13.8 Å². The average molecular weight is 397 g/mol. The van der Waals surface area contributed by atoms with Gasteiger partial charge in [-0.2, -0.15) is 17.4 Å². The maximum Gasteiger partial charge on any atom is 0.279 e. The van der Waals surface area contributed by atoms with Crippen molar-refractivity contribution in [3.05, 3.63) is 33.2 Å². The monoisotopic (exact) mass is 396 g/mol. The molecule has 27 heavy (non-hydrogen) atoms. The van der Waals surface area contributed by atoms with Gasteiger partial charge in [0, 0.05) is 37.9 Å². The Bertz CT molecular complexity index is 887. The third-order valence-corrected chi connectivity index (χ3v) is 7.26. The number of hydrogen-bond donors (Lipinski definition) is 2.